The molecule has 0 saturated carbocycles. The van der Waals surface area contributed by atoms with Gasteiger partial charge < -0.3 is 9.80 Å². The molecule has 17 heavy (non-hydrogen) atoms. The molecule has 0 aliphatic carbocycles. The lowest BCUT2D eigenvalue weighted by Gasteiger charge is -2.27. The number of nitrogens with zero attached hydrogens (tertiary/aromatic N) is 2. The summed E-state index contributed by atoms with van der Waals surface area (Å²) in [5, 5.41) is 3.28. The standard InChI is InChI=1S/C13H25N3O/c1-10(8-15-6-4-5-7-15)9-16-12(3)14-11(2)13(16)17/h10-12,14H,4-9H2,1-3H3. The van der Waals surface area contributed by atoms with Crippen LogP contribution in [0, 0.1) is 5.92 Å². The first kappa shape index (κ1) is 12.8. The molecule has 4 nitrogen and oxygen atoms in total. The number of carbonyl (C=O) groups is 1. The van der Waals surface area contributed by atoms with Crippen LogP contribution in [0.1, 0.15) is 33.6 Å². The predicted octanol–water partition coefficient (Wildman–Crippen LogP) is 0.885. The zero-order valence-electron chi connectivity index (χ0n) is 11.3. The highest BCUT2D eigenvalue weighted by Gasteiger charge is 2.34. The molecule has 4 heteroatoms. The van der Waals surface area contributed by atoms with Crippen molar-refractivity contribution in [3.63, 3.8) is 0 Å². The van der Waals surface area contributed by atoms with Gasteiger partial charge in [-0.2, -0.15) is 0 Å². The Morgan fingerprint density at radius 3 is 2.47 bits per heavy atom. The Hall–Kier alpha value is -0.610. The quantitative estimate of drug-likeness (QED) is 0.791. The van der Waals surface area contributed by atoms with Gasteiger partial charge in [0, 0.05) is 13.1 Å². The van der Waals surface area contributed by atoms with Gasteiger partial charge >= 0.3 is 0 Å². The molecule has 1 N–H and O–H groups in total. The number of carbonyl (C=O) groups excluding carboxylic acids is 1. The summed E-state index contributed by atoms with van der Waals surface area (Å²) < 4.78 is 0. The second-order valence-electron chi connectivity index (χ2n) is 5.67. The minimum Gasteiger partial charge on any atom is -0.326 e. The molecule has 0 radical (unpaired) electrons. The number of hydrogen-bond donors (Lipinski definition) is 1. The Morgan fingerprint density at radius 2 is 1.94 bits per heavy atom. The van der Waals surface area contributed by atoms with E-state index in [1.165, 1.54) is 25.9 Å². The zero-order valence-corrected chi connectivity index (χ0v) is 11.3. The summed E-state index contributed by atoms with van der Waals surface area (Å²) in [5.41, 5.74) is 0. The molecule has 0 aromatic carbocycles. The second kappa shape index (κ2) is 5.36. The molecule has 0 aromatic rings. The summed E-state index contributed by atoms with van der Waals surface area (Å²) in [6, 6.07) is -0.0102. The van der Waals surface area contributed by atoms with Crippen molar-refractivity contribution < 1.29 is 4.79 Å². The van der Waals surface area contributed by atoms with Crippen LogP contribution in [0.2, 0.25) is 0 Å². The van der Waals surface area contributed by atoms with Crippen molar-refractivity contribution in [2.75, 3.05) is 26.2 Å². The van der Waals surface area contributed by atoms with Crippen LogP contribution in [0.25, 0.3) is 0 Å². The summed E-state index contributed by atoms with van der Waals surface area (Å²) in [7, 11) is 0. The molecule has 98 valence electrons. The Labute approximate surface area is 104 Å². The molecule has 3 unspecified atom stereocenters. The van der Waals surface area contributed by atoms with E-state index in [1.54, 1.807) is 0 Å². The lowest BCUT2D eigenvalue weighted by atomic mass is 10.1. The van der Waals surface area contributed by atoms with E-state index in [1.807, 2.05) is 11.8 Å². The Morgan fingerprint density at radius 1 is 1.29 bits per heavy atom. The number of likely N-dealkylation sites (tertiary alicyclic amines) is 1. The van der Waals surface area contributed by atoms with Crippen molar-refractivity contribution in [1.82, 2.24) is 15.1 Å². The summed E-state index contributed by atoms with van der Waals surface area (Å²) in [5.74, 6) is 0.817. The lowest BCUT2D eigenvalue weighted by Crippen LogP contribution is -2.40. The summed E-state index contributed by atoms with van der Waals surface area (Å²) in [4.78, 5) is 16.5. The molecule has 2 fully saturated rings. The molecule has 2 rings (SSSR count). The van der Waals surface area contributed by atoms with Crippen LogP contribution < -0.4 is 5.32 Å². The molecule has 2 saturated heterocycles. The molecule has 2 aliphatic rings. The van der Waals surface area contributed by atoms with Gasteiger partial charge in [-0.25, -0.2) is 0 Å². The Bertz CT molecular complexity index is 276. The molecule has 0 aromatic heterocycles. The van der Waals surface area contributed by atoms with Gasteiger partial charge in [-0.3, -0.25) is 10.1 Å². The third kappa shape index (κ3) is 2.99. The van der Waals surface area contributed by atoms with E-state index in [2.05, 4.69) is 24.1 Å². The van der Waals surface area contributed by atoms with E-state index in [0.29, 0.717) is 5.92 Å². The highest BCUT2D eigenvalue weighted by molar-refractivity contribution is 5.83. The van der Waals surface area contributed by atoms with E-state index in [9.17, 15) is 4.79 Å². The van der Waals surface area contributed by atoms with E-state index in [-0.39, 0.29) is 18.1 Å². The van der Waals surface area contributed by atoms with Gasteiger partial charge in [-0.1, -0.05) is 6.92 Å². The third-order valence-corrected chi connectivity index (χ3v) is 3.89. The third-order valence-electron chi connectivity index (χ3n) is 3.89. The van der Waals surface area contributed by atoms with E-state index in [4.69, 9.17) is 0 Å². The van der Waals surface area contributed by atoms with Crippen LogP contribution in [-0.2, 0) is 4.79 Å². The largest absolute Gasteiger partial charge is 0.326 e. The van der Waals surface area contributed by atoms with Crippen LogP contribution in [0.15, 0.2) is 0 Å². The number of nitrogens with one attached hydrogen (secondary N) is 1. The van der Waals surface area contributed by atoms with Gasteiger partial charge in [-0.15, -0.1) is 0 Å². The zero-order chi connectivity index (χ0) is 12.4. The normalized spacial score (nSPS) is 32.4. The maximum absolute atomic E-state index is 11.9. The van der Waals surface area contributed by atoms with E-state index >= 15 is 0 Å². The molecule has 2 aliphatic heterocycles. The highest BCUT2D eigenvalue weighted by Crippen LogP contribution is 2.15. The molecule has 1 amide bonds. The maximum atomic E-state index is 11.9. The van der Waals surface area contributed by atoms with Gasteiger partial charge in [0.1, 0.15) is 0 Å². The van der Waals surface area contributed by atoms with Crippen molar-refractivity contribution in [1.29, 1.82) is 0 Å². The van der Waals surface area contributed by atoms with Crippen LogP contribution in [0.5, 0.6) is 0 Å². The summed E-state index contributed by atoms with van der Waals surface area (Å²) in [6.45, 7) is 10.8. The maximum Gasteiger partial charge on any atom is 0.240 e. The predicted molar refractivity (Wildman–Crippen MR) is 68.6 cm³/mol. The van der Waals surface area contributed by atoms with Crippen LogP contribution in [0.4, 0.5) is 0 Å². The minimum atomic E-state index is -0.0102. The van der Waals surface area contributed by atoms with Crippen molar-refractivity contribution >= 4 is 5.91 Å². The summed E-state index contributed by atoms with van der Waals surface area (Å²) in [6.07, 6.45) is 2.87. The van der Waals surface area contributed by atoms with Crippen molar-refractivity contribution in [2.45, 2.75) is 45.8 Å². The van der Waals surface area contributed by atoms with Gasteiger partial charge in [-0.05, 0) is 45.7 Å². The number of amides is 1. The SMILES string of the molecule is CC(CN1CCCC1)CN1C(=O)C(C)NC1C. The highest BCUT2D eigenvalue weighted by atomic mass is 16.2. The Balaban J connectivity index is 1.81. The van der Waals surface area contributed by atoms with Crippen LogP contribution in [0.3, 0.4) is 0 Å². The number of rotatable bonds is 4. The monoisotopic (exact) mass is 239 g/mol. The van der Waals surface area contributed by atoms with Gasteiger partial charge in [0.25, 0.3) is 0 Å². The van der Waals surface area contributed by atoms with Gasteiger partial charge in [0.05, 0.1) is 12.2 Å². The fourth-order valence-electron chi connectivity index (χ4n) is 3.01. The lowest BCUT2D eigenvalue weighted by molar-refractivity contribution is -0.130. The summed E-state index contributed by atoms with van der Waals surface area (Å²) >= 11 is 0. The molecule has 3 atom stereocenters. The molecule has 2 heterocycles. The molecule has 0 spiro atoms. The Kier molecular flexibility index (Phi) is 4.05. The molecule has 0 bridgehead atoms. The number of hydrogen-bond acceptors (Lipinski definition) is 3. The first-order valence-electron chi connectivity index (χ1n) is 6.87. The van der Waals surface area contributed by atoms with Crippen LogP contribution in [-0.4, -0.2) is 54.1 Å². The fourth-order valence-corrected chi connectivity index (χ4v) is 3.01. The topological polar surface area (TPSA) is 35.6 Å². The van der Waals surface area contributed by atoms with Crippen LogP contribution >= 0.6 is 0 Å². The first-order valence-corrected chi connectivity index (χ1v) is 6.87. The smallest absolute Gasteiger partial charge is 0.240 e. The molecular weight excluding hydrogens is 214 g/mol. The fraction of sp³-hybridized carbons (Fsp3) is 0.923. The minimum absolute atomic E-state index is 0.0102. The van der Waals surface area contributed by atoms with Crippen molar-refractivity contribution in [3.8, 4) is 0 Å². The van der Waals surface area contributed by atoms with Gasteiger partial charge in [0.2, 0.25) is 5.91 Å². The van der Waals surface area contributed by atoms with E-state index < -0.39 is 0 Å². The van der Waals surface area contributed by atoms with E-state index in [0.717, 1.165) is 13.1 Å². The average Bonchev–Trinajstić information content (AvgIpc) is 2.83. The van der Waals surface area contributed by atoms with Gasteiger partial charge in [0.15, 0.2) is 0 Å². The first-order chi connectivity index (χ1) is 8.08. The average molecular weight is 239 g/mol. The second-order valence-corrected chi connectivity index (χ2v) is 5.67. The molecular formula is C13H25N3O. The van der Waals surface area contributed by atoms with Crippen molar-refractivity contribution in [2.24, 2.45) is 5.92 Å². The van der Waals surface area contributed by atoms with Crippen molar-refractivity contribution in [3.05, 3.63) is 0 Å².